The third-order valence-electron chi connectivity index (χ3n) is 4.43. The first-order valence-electron chi connectivity index (χ1n) is 8.95. The lowest BCUT2D eigenvalue weighted by atomic mass is 9.98. The van der Waals surface area contributed by atoms with E-state index in [2.05, 4.69) is 15.4 Å². The van der Waals surface area contributed by atoms with Gasteiger partial charge in [0.1, 0.15) is 6.04 Å². The van der Waals surface area contributed by atoms with Crippen molar-refractivity contribution in [1.82, 2.24) is 15.4 Å². The van der Waals surface area contributed by atoms with E-state index in [-0.39, 0.29) is 24.6 Å². The zero-order chi connectivity index (χ0) is 21.1. The lowest BCUT2D eigenvalue weighted by Crippen LogP contribution is -2.65. The average molecular weight is 415 g/mol. The molecule has 10 heteroatoms. The Balaban J connectivity index is 2.21. The number of esters is 1. The van der Waals surface area contributed by atoms with E-state index < -0.39 is 40.2 Å². The standard InChI is InChI=1S/C18H26FN3O5S/c1-5-27-16(23)14(8-21-17(24)18(19)9-20-10-18)22-28(25,26)15-12(3)6-11(2)7-13(15)4/h6-7,14,20,22H,5,8-10H2,1-4H3,(H,21,24)/t14-/m0/s1. The zero-order valence-corrected chi connectivity index (χ0v) is 17.2. The SMILES string of the molecule is CCOC(=O)[C@H](CNC(=O)C1(F)CNC1)NS(=O)(=O)c1c(C)cc(C)cc1C. The number of carbonyl (C=O) groups excluding carboxylic acids is 2. The van der Waals surface area contributed by atoms with Gasteiger partial charge in [-0.3, -0.25) is 9.59 Å². The highest BCUT2D eigenvalue weighted by Gasteiger charge is 2.45. The van der Waals surface area contributed by atoms with E-state index in [1.165, 1.54) is 0 Å². The number of rotatable bonds is 8. The molecule has 3 N–H and O–H groups in total. The second-order valence-corrected chi connectivity index (χ2v) is 8.58. The first-order valence-corrected chi connectivity index (χ1v) is 10.4. The monoisotopic (exact) mass is 415 g/mol. The van der Waals surface area contributed by atoms with Crippen LogP contribution >= 0.6 is 0 Å². The van der Waals surface area contributed by atoms with Crippen LogP contribution in [0.4, 0.5) is 4.39 Å². The van der Waals surface area contributed by atoms with E-state index in [9.17, 15) is 22.4 Å². The third-order valence-corrected chi connectivity index (χ3v) is 6.20. The van der Waals surface area contributed by atoms with Gasteiger partial charge >= 0.3 is 5.97 Å². The summed E-state index contributed by atoms with van der Waals surface area (Å²) in [5, 5.41) is 4.95. The molecule has 0 aromatic heterocycles. The van der Waals surface area contributed by atoms with Gasteiger partial charge in [-0.1, -0.05) is 17.7 Å². The first kappa shape index (κ1) is 22.3. The fraction of sp³-hybridized carbons (Fsp3) is 0.556. The van der Waals surface area contributed by atoms with E-state index >= 15 is 0 Å². The minimum atomic E-state index is -4.08. The van der Waals surface area contributed by atoms with E-state index in [0.717, 1.165) is 5.56 Å². The normalized spacial score (nSPS) is 16.8. The van der Waals surface area contributed by atoms with Crippen LogP contribution in [0.2, 0.25) is 0 Å². The number of hydrogen-bond acceptors (Lipinski definition) is 6. The Morgan fingerprint density at radius 1 is 1.25 bits per heavy atom. The molecule has 0 bridgehead atoms. The Kier molecular flexibility index (Phi) is 6.79. The summed E-state index contributed by atoms with van der Waals surface area (Å²) in [6.07, 6.45) is 0. The van der Waals surface area contributed by atoms with Crippen LogP contribution in [-0.4, -0.2) is 58.2 Å². The summed E-state index contributed by atoms with van der Waals surface area (Å²) in [6, 6.07) is 2.06. The van der Waals surface area contributed by atoms with Gasteiger partial charge in [-0.05, 0) is 38.8 Å². The number of halogens is 1. The lowest BCUT2D eigenvalue weighted by molar-refractivity contribution is -0.145. The Labute approximate surface area is 164 Å². The van der Waals surface area contributed by atoms with Crippen molar-refractivity contribution < 1.29 is 27.1 Å². The Hall–Kier alpha value is -2.04. The maximum absolute atomic E-state index is 14.1. The summed E-state index contributed by atoms with van der Waals surface area (Å²) in [5.41, 5.74) is -0.0901. The topological polar surface area (TPSA) is 114 Å². The second-order valence-electron chi connectivity index (χ2n) is 6.93. The number of nitrogens with one attached hydrogen (secondary N) is 3. The molecule has 0 aliphatic carbocycles. The average Bonchev–Trinajstić information content (AvgIpc) is 2.54. The van der Waals surface area contributed by atoms with E-state index in [1.54, 1.807) is 32.9 Å². The third kappa shape index (κ3) is 4.86. The number of ether oxygens (including phenoxy) is 1. The van der Waals surface area contributed by atoms with Crippen molar-refractivity contribution in [3.05, 3.63) is 28.8 Å². The number of aryl methyl sites for hydroxylation is 3. The molecule has 8 nitrogen and oxygen atoms in total. The Morgan fingerprint density at radius 2 is 1.82 bits per heavy atom. The quantitative estimate of drug-likeness (QED) is 0.525. The van der Waals surface area contributed by atoms with Gasteiger partial charge in [0.05, 0.1) is 11.5 Å². The molecule has 1 aromatic carbocycles. The number of hydrogen-bond donors (Lipinski definition) is 3. The lowest BCUT2D eigenvalue weighted by Gasteiger charge is -2.33. The molecule has 1 aliphatic rings. The highest BCUT2D eigenvalue weighted by atomic mass is 32.2. The molecule has 2 rings (SSSR count). The number of alkyl halides is 1. The maximum atomic E-state index is 14.1. The second kappa shape index (κ2) is 8.54. The summed E-state index contributed by atoms with van der Waals surface area (Å²) in [7, 11) is -4.08. The molecular weight excluding hydrogens is 389 g/mol. The van der Waals surface area contributed by atoms with Crippen LogP contribution in [0.15, 0.2) is 17.0 Å². The summed E-state index contributed by atoms with van der Waals surface area (Å²) in [5.74, 6) is -1.75. The van der Waals surface area contributed by atoms with E-state index in [0.29, 0.717) is 11.1 Å². The van der Waals surface area contributed by atoms with Gasteiger partial charge in [0.25, 0.3) is 5.91 Å². The highest BCUT2D eigenvalue weighted by molar-refractivity contribution is 7.89. The predicted octanol–water partition coefficient (Wildman–Crippen LogP) is 0.250. The molecule has 1 aromatic rings. The van der Waals surface area contributed by atoms with E-state index in [1.807, 2.05) is 6.92 Å². The first-order chi connectivity index (χ1) is 13.0. The van der Waals surface area contributed by atoms with Crippen molar-refractivity contribution in [3.63, 3.8) is 0 Å². The van der Waals surface area contributed by atoms with Crippen molar-refractivity contribution in [2.45, 2.75) is 44.3 Å². The molecule has 28 heavy (non-hydrogen) atoms. The minimum Gasteiger partial charge on any atom is -0.465 e. The summed E-state index contributed by atoms with van der Waals surface area (Å²) >= 11 is 0. The molecule has 1 heterocycles. The molecule has 0 radical (unpaired) electrons. The fourth-order valence-corrected chi connectivity index (χ4v) is 4.75. The molecule has 0 unspecified atom stereocenters. The van der Waals surface area contributed by atoms with Gasteiger partial charge in [-0.2, -0.15) is 4.72 Å². The molecule has 1 atom stereocenters. The Morgan fingerprint density at radius 3 is 2.29 bits per heavy atom. The Bertz CT molecular complexity index is 845. The van der Waals surface area contributed by atoms with Crippen LogP contribution in [0.1, 0.15) is 23.6 Å². The van der Waals surface area contributed by atoms with Gasteiger partial charge in [0.15, 0.2) is 0 Å². The zero-order valence-electron chi connectivity index (χ0n) is 16.4. The molecule has 0 saturated carbocycles. The number of carbonyl (C=O) groups is 2. The minimum absolute atomic E-state index is 0.0323. The largest absolute Gasteiger partial charge is 0.465 e. The van der Waals surface area contributed by atoms with Crippen molar-refractivity contribution in [1.29, 1.82) is 0 Å². The molecular formula is C18H26FN3O5S. The van der Waals surface area contributed by atoms with Crippen molar-refractivity contribution in [2.24, 2.45) is 0 Å². The summed E-state index contributed by atoms with van der Waals surface area (Å²) in [6.45, 7) is 6.10. The van der Waals surface area contributed by atoms with Crippen LogP contribution in [0, 0.1) is 20.8 Å². The van der Waals surface area contributed by atoms with Crippen molar-refractivity contribution in [3.8, 4) is 0 Å². The molecule has 156 valence electrons. The van der Waals surface area contributed by atoms with Gasteiger partial charge < -0.3 is 15.4 Å². The molecule has 1 aliphatic heterocycles. The van der Waals surface area contributed by atoms with Gasteiger partial charge in [-0.25, -0.2) is 12.8 Å². The fourth-order valence-electron chi connectivity index (χ4n) is 3.11. The van der Waals surface area contributed by atoms with Gasteiger partial charge in [-0.15, -0.1) is 0 Å². The maximum Gasteiger partial charge on any atom is 0.326 e. The van der Waals surface area contributed by atoms with Gasteiger partial charge in [0.2, 0.25) is 15.7 Å². The molecule has 1 fully saturated rings. The smallest absolute Gasteiger partial charge is 0.326 e. The van der Waals surface area contributed by atoms with Crippen LogP contribution in [-0.2, 0) is 24.3 Å². The molecule has 1 amide bonds. The van der Waals surface area contributed by atoms with Crippen LogP contribution in [0.3, 0.4) is 0 Å². The van der Waals surface area contributed by atoms with Gasteiger partial charge in [0, 0.05) is 19.6 Å². The summed E-state index contributed by atoms with van der Waals surface area (Å²) < 4.78 is 47.1. The van der Waals surface area contributed by atoms with E-state index in [4.69, 9.17) is 4.74 Å². The number of sulfonamides is 1. The predicted molar refractivity (Wildman–Crippen MR) is 101 cm³/mol. The molecule has 0 spiro atoms. The van der Waals surface area contributed by atoms with Crippen LogP contribution < -0.4 is 15.4 Å². The van der Waals surface area contributed by atoms with Crippen molar-refractivity contribution in [2.75, 3.05) is 26.2 Å². The number of amides is 1. The molecule has 1 saturated heterocycles. The summed E-state index contributed by atoms with van der Waals surface area (Å²) in [4.78, 5) is 24.2. The van der Waals surface area contributed by atoms with Crippen molar-refractivity contribution >= 4 is 21.9 Å². The number of benzene rings is 1. The van der Waals surface area contributed by atoms with Crippen LogP contribution in [0.25, 0.3) is 0 Å². The van der Waals surface area contributed by atoms with Crippen LogP contribution in [0.5, 0.6) is 0 Å². The highest BCUT2D eigenvalue weighted by Crippen LogP contribution is 2.22.